The summed E-state index contributed by atoms with van der Waals surface area (Å²) in [7, 11) is 0. The first-order valence-electron chi connectivity index (χ1n) is 3.35. The number of carbonyl (C=O) groups excluding carboxylic acids is 1. The summed E-state index contributed by atoms with van der Waals surface area (Å²) >= 11 is 0. The Morgan fingerprint density at radius 3 is 2.67 bits per heavy atom. The first-order chi connectivity index (χ1) is 5.75. The van der Waals surface area contributed by atoms with Gasteiger partial charge in [0.15, 0.2) is 5.78 Å². The van der Waals surface area contributed by atoms with Gasteiger partial charge in [0.1, 0.15) is 5.75 Å². The molecule has 0 bridgehead atoms. The number of phenols is 1. The third-order valence-corrected chi connectivity index (χ3v) is 1.38. The Morgan fingerprint density at radius 1 is 1.42 bits per heavy atom. The van der Waals surface area contributed by atoms with E-state index in [1.807, 2.05) is 0 Å². The van der Waals surface area contributed by atoms with Gasteiger partial charge in [0.05, 0.1) is 11.9 Å². The van der Waals surface area contributed by atoms with Crippen LogP contribution in [0.25, 0.3) is 0 Å². The normalized spacial score (nSPS) is 10.4. The van der Waals surface area contributed by atoms with E-state index in [0.717, 1.165) is 6.08 Å². The van der Waals surface area contributed by atoms with Crippen LogP contribution in [0.1, 0.15) is 10.4 Å². The minimum Gasteiger partial charge on any atom is -0.507 e. The molecule has 0 saturated carbocycles. The van der Waals surface area contributed by atoms with E-state index in [-0.39, 0.29) is 17.6 Å². The number of carbonyl (C=O) groups is 1. The maximum Gasteiger partial charge on any atom is 0.191 e. The summed E-state index contributed by atoms with van der Waals surface area (Å²) in [6.07, 6.45) is 0.907. The molecule has 0 aliphatic carbocycles. The molecule has 0 aliphatic heterocycles. The molecule has 0 spiro atoms. The van der Waals surface area contributed by atoms with Gasteiger partial charge in [0, 0.05) is 6.08 Å². The average molecular weight is 166 g/mol. The summed E-state index contributed by atoms with van der Waals surface area (Å²) in [5.41, 5.74) is 0.103. The second-order valence-corrected chi connectivity index (χ2v) is 2.17. The molecule has 1 rings (SSSR count). The quantitative estimate of drug-likeness (QED) is 0.539. The first kappa shape index (κ1) is 8.46. The van der Waals surface area contributed by atoms with Gasteiger partial charge in [-0.3, -0.25) is 4.79 Å². The van der Waals surface area contributed by atoms with Crippen molar-refractivity contribution >= 4 is 5.78 Å². The number of rotatable bonds is 2. The maximum absolute atomic E-state index is 11.6. The minimum atomic E-state index is -0.546. The maximum atomic E-state index is 11.6. The Kier molecular flexibility index (Phi) is 2.58. The van der Waals surface area contributed by atoms with Gasteiger partial charge in [0.25, 0.3) is 0 Å². The molecule has 0 aliphatic rings. The van der Waals surface area contributed by atoms with E-state index in [1.165, 1.54) is 12.1 Å². The number of hydrogen-bond acceptors (Lipinski definition) is 2. The SMILES string of the molecule is O=C(/C=C/F)c1ccccc1O. The van der Waals surface area contributed by atoms with Crippen molar-refractivity contribution in [2.45, 2.75) is 0 Å². The van der Waals surface area contributed by atoms with E-state index < -0.39 is 5.78 Å². The highest BCUT2D eigenvalue weighted by Gasteiger charge is 2.05. The van der Waals surface area contributed by atoms with Crippen LogP contribution in [0.2, 0.25) is 0 Å². The van der Waals surface area contributed by atoms with Gasteiger partial charge in [-0.05, 0) is 12.1 Å². The molecule has 12 heavy (non-hydrogen) atoms. The molecule has 1 N–H and O–H groups in total. The molecule has 62 valence electrons. The van der Waals surface area contributed by atoms with Crippen molar-refractivity contribution < 1.29 is 14.3 Å². The molecule has 0 fully saturated rings. The van der Waals surface area contributed by atoms with Crippen LogP contribution in [-0.2, 0) is 0 Å². The molecular formula is C9H7FO2. The zero-order chi connectivity index (χ0) is 8.97. The predicted molar refractivity (Wildman–Crippen MR) is 42.7 cm³/mol. The summed E-state index contributed by atoms with van der Waals surface area (Å²) in [5.74, 6) is -0.684. The van der Waals surface area contributed by atoms with Gasteiger partial charge in [-0.1, -0.05) is 12.1 Å². The number of aromatic hydroxyl groups is 1. The Labute approximate surface area is 69.0 Å². The van der Waals surface area contributed by atoms with Crippen molar-refractivity contribution in [3.63, 3.8) is 0 Å². The molecule has 2 nitrogen and oxygen atoms in total. The standard InChI is InChI=1S/C9H7FO2/c10-6-5-9(12)7-3-1-2-4-8(7)11/h1-6,11H/b6-5+. The van der Waals surface area contributed by atoms with E-state index in [0.29, 0.717) is 0 Å². The Hall–Kier alpha value is -1.64. The van der Waals surface area contributed by atoms with E-state index in [9.17, 15) is 9.18 Å². The topological polar surface area (TPSA) is 37.3 Å². The van der Waals surface area contributed by atoms with Crippen LogP contribution < -0.4 is 0 Å². The van der Waals surface area contributed by atoms with Crippen molar-refractivity contribution in [2.24, 2.45) is 0 Å². The minimum absolute atomic E-state index is 0.103. The highest BCUT2D eigenvalue weighted by atomic mass is 19.1. The van der Waals surface area contributed by atoms with E-state index in [1.54, 1.807) is 12.1 Å². The average Bonchev–Trinajstić information content (AvgIpc) is 2.05. The number of hydrogen-bond donors (Lipinski definition) is 1. The number of ketones is 1. The molecule has 3 heteroatoms. The van der Waals surface area contributed by atoms with Gasteiger partial charge in [-0.2, -0.15) is 0 Å². The Morgan fingerprint density at radius 2 is 2.08 bits per heavy atom. The molecule has 0 aromatic heterocycles. The predicted octanol–water partition coefficient (Wildman–Crippen LogP) is 2.06. The zero-order valence-corrected chi connectivity index (χ0v) is 6.20. The third-order valence-electron chi connectivity index (χ3n) is 1.38. The van der Waals surface area contributed by atoms with Crippen LogP contribution >= 0.6 is 0 Å². The number of halogens is 1. The summed E-state index contributed by atoms with van der Waals surface area (Å²) < 4.78 is 11.6. The molecule has 0 heterocycles. The lowest BCUT2D eigenvalue weighted by Gasteiger charge is -1.97. The largest absolute Gasteiger partial charge is 0.507 e. The number of phenolic OH excluding ortho intramolecular Hbond substituents is 1. The Bertz CT molecular complexity index is 318. The van der Waals surface area contributed by atoms with Crippen LogP contribution in [0, 0.1) is 0 Å². The molecule has 0 saturated heterocycles. The summed E-state index contributed by atoms with van der Waals surface area (Å²) in [6.45, 7) is 0. The molecule has 0 unspecified atom stereocenters. The second-order valence-electron chi connectivity index (χ2n) is 2.17. The smallest absolute Gasteiger partial charge is 0.191 e. The zero-order valence-electron chi connectivity index (χ0n) is 6.20. The summed E-state index contributed by atoms with van der Waals surface area (Å²) in [6, 6.07) is 5.99. The van der Waals surface area contributed by atoms with E-state index in [4.69, 9.17) is 5.11 Å². The van der Waals surface area contributed by atoms with Crippen molar-refractivity contribution in [3.8, 4) is 5.75 Å². The molecule has 0 atom stereocenters. The second kappa shape index (κ2) is 3.67. The van der Waals surface area contributed by atoms with Gasteiger partial charge >= 0.3 is 0 Å². The van der Waals surface area contributed by atoms with Gasteiger partial charge in [0.2, 0.25) is 0 Å². The van der Waals surface area contributed by atoms with Crippen molar-refractivity contribution in [1.29, 1.82) is 0 Å². The van der Waals surface area contributed by atoms with Crippen LogP contribution in [-0.4, -0.2) is 10.9 Å². The molecule has 1 aromatic carbocycles. The van der Waals surface area contributed by atoms with Crippen molar-refractivity contribution in [3.05, 3.63) is 42.2 Å². The lowest BCUT2D eigenvalue weighted by molar-refractivity contribution is 0.104. The van der Waals surface area contributed by atoms with E-state index in [2.05, 4.69) is 0 Å². The van der Waals surface area contributed by atoms with Crippen molar-refractivity contribution in [2.75, 3.05) is 0 Å². The monoisotopic (exact) mass is 166 g/mol. The van der Waals surface area contributed by atoms with Gasteiger partial charge in [-0.15, -0.1) is 0 Å². The van der Waals surface area contributed by atoms with Crippen LogP contribution in [0.4, 0.5) is 4.39 Å². The number of allylic oxidation sites excluding steroid dienone is 1. The lowest BCUT2D eigenvalue weighted by Crippen LogP contribution is -1.93. The summed E-state index contributed by atoms with van der Waals surface area (Å²) in [5, 5.41) is 9.13. The summed E-state index contributed by atoms with van der Waals surface area (Å²) in [4.78, 5) is 11.0. The van der Waals surface area contributed by atoms with Gasteiger partial charge < -0.3 is 5.11 Å². The Balaban J connectivity index is 3.03. The highest BCUT2D eigenvalue weighted by Crippen LogP contribution is 2.16. The van der Waals surface area contributed by atoms with E-state index >= 15 is 0 Å². The molecule has 1 aromatic rings. The van der Waals surface area contributed by atoms with Gasteiger partial charge in [-0.25, -0.2) is 4.39 Å². The molecule has 0 radical (unpaired) electrons. The van der Waals surface area contributed by atoms with Crippen molar-refractivity contribution in [1.82, 2.24) is 0 Å². The number of benzene rings is 1. The number of para-hydroxylation sites is 1. The van der Waals surface area contributed by atoms with Crippen LogP contribution in [0.3, 0.4) is 0 Å². The lowest BCUT2D eigenvalue weighted by atomic mass is 10.1. The fourth-order valence-corrected chi connectivity index (χ4v) is 0.829. The fraction of sp³-hybridized carbons (Fsp3) is 0. The fourth-order valence-electron chi connectivity index (χ4n) is 0.829. The third kappa shape index (κ3) is 1.69. The molecular weight excluding hydrogens is 159 g/mol. The van der Waals surface area contributed by atoms with Crippen LogP contribution in [0.15, 0.2) is 36.7 Å². The van der Waals surface area contributed by atoms with Crippen LogP contribution in [0.5, 0.6) is 5.75 Å². The highest BCUT2D eigenvalue weighted by molar-refractivity contribution is 6.06. The first-order valence-corrected chi connectivity index (χ1v) is 3.35. The molecule has 0 amide bonds.